The van der Waals surface area contributed by atoms with Crippen LogP contribution in [-0.2, 0) is 28.8 Å². The van der Waals surface area contributed by atoms with Crippen molar-refractivity contribution < 1.29 is 59.1 Å². The van der Waals surface area contributed by atoms with E-state index in [1.807, 2.05) is 0 Å². The number of aromatic hydroxyl groups is 2. The standard InChI is InChI=1S/C44H54N6O12/c1-5-8-9-10-11-12-34(54)46-32(6-2)40(57)47-33(7-3)41(58)50-37(38(55)27-17-23-31(53)24-18-27)43(60)49-36(26-15-21-30(52)22-16-26)42(59)45-29-19-13-28(14-20-29)39(56)48-35(25(4)51)44(61)62/h6-7,13-25,35-38,51-53,55H,5,8-12H2,1-4H3,(H,45,59)(H,46,54)(H,47,57)(H,48,56)(H,49,60)(H,50,58)(H,61,62)/b32-6+,33-7+/t25-,35?,36+,37-,38-/m1/s1. The Hall–Kier alpha value is -7.05. The first-order valence-corrected chi connectivity index (χ1v) is 19.9. The molecule has 62 heavy (non-hydrogen) atoms. The fraction of sp³-hybridized carbons (Fsp3) is 0.341. The maximum absolute atomic E-state index is 14.2. The van der Waals surface area contributed by atoms with E-state index in [2.05, 4.69) is 38.8 Å². The topological polar surface area (TPSA) is 293 Å². The minimum atomic E-state index is -1.85. The number of anilines is 1. The average Bonchev–Trinajstić information content (AvgIpc) is 3.24. The highest BCUT2D eigenvalue weighted by Gasteiger charge is 2.35. The van der Waals surface area contributed by atoms with E-state index in [9.17, 15) is 59.1 Å². The summed E-state index contributed by atoms with van der Waals surface area (Å²) in [6, 6.07) is 10.5. The Morgan fingerprint density at radius 1 is 0.629 bits per heavy atom. The molecule has 0 aliphatic carbocycles. The molecule has 0 bridgehead atoms. The normalized spacial score (nSPS) is 13.9. The Bertz CT molecular complexity index is 2100. The molecule has 0 aliphatic rings. The number of aliphatic carboxylic acids is 1. The van der Waals surface area contributed by atoms with Crippen molar-refractivity contribution in [3.63, 3.8) is 0 Å². The molecule has 3 aromatic carbocycles. The zero-order valence-electron chi connectivity index (χ0n) is 34.8. The van der Waals surface area contributed by atoms with E-state index >= 15 is 0 Å². The molecule has 3 rings (SSSR count). The van der Waals surface area contributed by atoms with E-state index in [0.717, 1.165) is 25.7 Å². The second kappa shape index (κ2) is 24.3. The number of aliphatic hydroxyl groups excluding tert-OH is 2. The van der Waals surface area contributed by atoms with Crippen molar-refractivity contribution in [3.8, 4) is 11.5 Å². The molecule has 0 radical (unpaired) electrons. The molecule has 18 nitrogen and oxygen atoms in total. The summed E-state index contributed by atoms with van der Waals surface area (Å²) in [5, 5.41) is 65.0. The van der Waals surface area contributed by atoms with E-state index in [0.29, 0.717) is 6.42 Å². The van der Waals surface area contributed by atoms with Crippen LogP contribution < -0.4 is 31.9 Å². The Balaban J connectivity index is 1.87. The number of carboxylic acids is 1. The molecular weight excluding hydrogens is 805 g/mol. The summed E-state index contributed by atoms with van der Waals surface area (Å²) in [6.07, 6.45) is 4.15. The van der Waals surface area contributed by atoms with Crippen molar-refractivity contribution >= 4 is 47.1 Å². The van der Waals surface area contributed by atoms with Gasteiger partial charge in [0.1, 0.15) is 41.1 Å². The minimum Gasteiger partial charge on any atom is -0.508 e. The van der Waals surface area contributed by atoms with Gasteiger partial charge in [-0.25, -0.2) is 4.79 Å². The molecule has 0 aromatic heterocycles. The van der Waals surface area contributed by atoms with E-state index in [1.54, 1.807) is 0 Å². The SMILES string of the molecule is C/C=C(/NC(=O)CCCCCCC)C(=O)N/C(=C/C)C(=O)N[C@@H](C(=O)N[C@H](C(=O)Nc1ccc(C(=O)NC(C(=O)O)[C@@H](C)O)cc1)c1ccc(O)cc1)[C@H](O)c1ccc(O)cc1. The Morgan fingerprint density at radius 3 is 1.71 bits per heavy atom. The first-order valence-electron chi connectivity index (χ1n) is 19.9. The van der Waals surface area contributed by atoms with E-state index in [-0.39, 0.29) is 57.6 Å². The van der Waals surface area contributed by atoms with Gasteiger partial charge in [-0.05, 0) is 86.8 Å². The maximum atomic E-state index is 14.2. The van der Waals surface area contributed by atoms with E-state index in [4.69, 9.17) is 0 Å². The largest absolute Gasteiger partial charge is 0.508 e. The summed E-state index contributed by atoms with van der Waals surface area (Å²) in [5.41, 5.74) is -0.139. The lowest BCUT2D eigenvalue weighted by Gasteiger charge is -2.27. The molecule has 0 spiro atoms. The molecule has 11 N–H and O–H groups in total. The number of amides is 6. The average molecular weight is 859 g/mol. The highest BCUT2D eigenvalue weighted by atomic mass is 16.4. The molecule has 0 saturated heterocycles. The van der Waals surface area contributed by atoms with Crippen LogP contribution in [0.4, 0.5) is 5.69 Å². The van der Waals surface area contributed by atoms with Crippen molar-refractivity contribution in [2.75, 3.05) is 5.32 Å². The summed E-state index contributed by atoms with van der Waals surface area (Å²) >= 11 is 0. The van der Waals surface area contributed by atoms with Gasteiger partial charge in [-0.3, -0.25) is 28.8 Å². The second-order valence-corrected chi connectivity index (χ2v) is 14.2. The van der Waals surface area contributed by atoms with Gasteiger partial charge in [-0.1, -0.05) is 69.0 Å². The predicted molar refractivity (Wildman–Crippen MR) is 227 cm³/mol. The number of phenols is 2. The smallest absolute Gasteiger partial charge is 0.328 e. The number of benzene rings is 3. The number of phenolic OH excluding ortho intramolecular Hbond substituents is 2. The number of rotatable bonds is 22. The van der Waals surface area contributed by atoms with Gasteiger partial charge in [-0.15, -0.1) is 0 Å². The number of hydrogen-bond acceptors (Lipinski definition) is 11. The lowest BCUT2D eigenvalue weighted by atomic mass is 9.99. The van der Waals surface area contributed by atoms with Gasteiger partial charge in [0.25, 0.3) is 23.6 Å². The van der Waals surface area contributed by atoms with Crippen LogP contribution in [0.2, 0.25) is 0 Å². The van der Waals surface area contributed by atoms with Crippen LogP contribution in [0.25, 0.3) is 0 Å². The molecule has 3 aromatic rings. The summed E-state index contributed by atoms with van der Waals surface area (Å²) in [7, 11) is 0. The number of carboxylic acid groups (broad SMARTS) is 1. The second-order valence-electron chi connectivity index (χ2n) is 14.2. The van der Waals surface area contributed by atoms with Crippen molar-refractivity contribution in [2.45, 2.75) is 96.6 Å². The van der Waals surface area contributed by atoms with Crippen molar-refractivity contribution in [3.05, 3.63) is 113 Å². The highest BCUT2D eigenvalue weighted by molar-refractivity contribution is 6.05. The zero-order chi connectivity index (χ0) is 45.9. The summed E-state index contributed by atoms with van der Waals surface area (Å²) in [5.74, 6) is -6.78. The summed E-state index contributed by atoms with van der Waals surface area (Å²) in [6.45, 7) is 6.23. The number of aliphatic hydroxyl groups is 2. The zero-order valence-corrected chi connectivity index (χ0v) is 34.8. The van der Waals surface area contributed by atoms with Crippen molar-refractivity contribution in [1.29, 1.82) is 0 Å². The fourth-order valence-electron chi connectivity index (χ4n) is 5.91. The maximum Gasteiger partial charge on any atom is 0.328 e. The van der Waals surface area contributed by atoms with Gasteiger partial charge in [0.2, 0.25) is 11.8 Å². The monoisotopic (exact) mass is 858 g/mol. The van der Waals surface area contributed by atoms with Crippen LogP contribution in [0.15, 0.2) is 96.3 Å². The number of hydrogen-bond donors (Lipinski definition) is 11. The number of carbonyl (C=O) groups is 7. The van der Waals surface area contributed by atoms with Gasteiger partial charge < -0.3 is 57.4 Å². The lowest BCUT2D eigenvalue weighted by Crippen LogP contribution is -2.53. The lowest BCUT2D eigenvalue weighted by molar-refractivity contribution is -0.141. The molecule has 1 unspecified atom stereocenters. The quantitative estimate of drug-likeness (QED) is 0.0514. The third-order valence-electron chi connectivity index (χ3n) is 9.44. The first kappa shape index (κ1) is 49.3. The molecular formula is C44H54N6O12. The molecule has 0 fully saturated rings. The molecule has 6 amide bonds. The van der Waals surface area contributed by atoms with Gasteiger partial charge >= 0.3 is 5.97 Å². The van der Waals surface area contributed by atoms with Crippen LogP contribution in [0.3, 0.4) is 0 Å². The van der Waals surface area contributed by atoms with Crippen LogP contribution >= 0.6 is 0 Å². The molecule has 0 saturated carbocycles. The van der Waals surface area contributed by atoms with Gasteiger partial charge in [0.05, 0.1) is 6.10 Å². The molecule has 0 heterocycles. The van der Waals surface area contributed by atoms with Crippen LogP contribution in [0.5, 0.6) is 11.5 Å². The molecule has 18 heteroatoms. The summed E-state index contributed by atoms with van der Waals surface area (Å²) in [4.78, 5) is 91.7. The number of carbonyl (C=O) groups excluding carboxylic acids is 6. The Kier molecular flexibility index (Phi) is 19.3. The first-order chi connectivity index (χ1) is 29.5. The van der Waals surface area contributed by atoms with Crippen molar-refractivity contribution in [1.82, 2.24) is 26.6 Å². The van der Waals surface area contributed by atoms with Gasteiger partial charge in [0.15, 0.2) is 6.04 Å². The third kappa shape index (κ3) is 14.9. The summed E-state index contributed by atoms with van der Waals surface area (Å²) < 4.78 is 0. The Labute approximate surface area is 358 Å². The van der Waals surface area contributed by atoms with Crippen molar-refractivity contribution in [2.24, 2.45) is 0 Å². The van der Waals surface area contributed by atoms with E-state index in [1.165, 1.54) is 106 Å². The minimum absolute atomic E-state index is 0.00312. The van der Waals surface area contributed by atoms with Crippen LogP contribution in [-0.4, -0.2) is 85.1 Å². The number of allylic oxidation sites excluding steroid dienone is 2. The van der Waals surface area contributed by atoms with Gasteiger partial charge in [-0.2, -0.15) is 0 Å². The van der Waals surface area contributed by atoms with Crippen LogP contribution in [0.1, 0.15) is 99.9 Å². The fourth-order valence-corrected chi connectivity index (χ4v) is 5.91. The van der Waals surface area contributed by atoms with Crippen LogP contribution in [0, 0.1) is 0 Å². The Morgan fingerprint density at radius 2 is 1.18 bits per heavy atom. The highest BCUT2D eigenvalue weighted by Crippen LogP contribution is 2.24. The van der Waals surface area contributed by atoms with Gasteiger partial charge in [0, 0.05) is 17.7 Å². The third-order valence-corrected chi connectivity index (χ3v) is 9.44. The number of nitrogens with one attached hydrogen (secondary N) is 6. The molecule has 0 aliphatic heterocycles. The number of unbranched alkanes of at least 4 members (excludes halogenated alkanes) is 4. The predicted octanol–water partition coefficient (Wildman–Crippen LogP) is 3.08. The van der Waals surface area contributed by atoms with E-state index < -0.39 is 65.8 Å². The molecule has 5 atom stereocenters. The molecule has 332 valence electrons.